The zero-order chi connectivity index (χ0) is 31.2. The van der Waals surface area contributed by atoms with Crippen molar-refractivity contribution in [3.8, 4) is 11.5 Å². The molecule has 2 atom stereocenters. The lowest BCUT2D eigenvalue weighted by molar-refractivity contribution is -0.134. The van der Waals surface area contributed by atoms with Gasteiger partial charge < -0.3 is 14.6 Å². The average Bonchev–Trinajstić information content (AvgIpc) is 3.10. The molecule has 2 unspecified atom stereocenters. The third kappa shape index (κ3) is 6.92. The molecule has 1 aliphatic heterocycles. The zero-order valence-electron chi connectivity index (χ0n) is 24.9. The summed E-state index contributed by atoms with van der Waals surface area (Å²) >= 11 is 1.31. The molecule has 1 N–H and O–H groups in total. The number of halogens is 1. The maximum atomic E-state index is 14.9. The number of sulfonamides is 1. The third-order valence-electron chi connectivity index (χ3n) is 8.19. The van der Waals surface area contributed by atoms with Crippen LogP contribution in [0.1, 0.15) is 68.6 Å². The Balaban J connectivity index is 2.00. The minimum atomic E-state index is -4.14. The molecule has 0 saturated heterocycles. The molecule has 230 valence electrons. The monoisotopic (exact) mass is 627 g/mol. The Kier molecular flexibility index (Phi) is 10.6. The molecule has 0 fully saturated rings. The molecule has 0 aliphatic carbocycles. The average molecular weight is 628 g/mol. The number of hydrogen-bond acceptors (Lipinski definition) is 6. The van der Waals surface area contributed by atoms with Gasteiger partial charge in [-0.05, 0) is 60.4 Å². The van der Waals surface area contributed by atoms with Gasteiger partial charge in [-0.2, -0.15) is 8.70 Å². The highest BCUT2D eigenvalue weighted by Gasteiger charge is 2.48. The van der Waals surface area contributed by atoms with Crippen molar-refractivity contribution in [2.45, 2.75) is 73.7 Å². The fourth-order valence-corrected chi connectivity index (χ4v) is 8.47. The van der Waals surface area contributed by atoms with Crippen molar-refractivity contribution in [1.29, 1.82) is 0 Å². The Labute approximate surface area is 257 Å². The molecule has 7 nitrogen and oxygen atoms in total. The number of nitrogens with zero attached hydrogens (tertiary/aromatic N) is 1. The van der Waals surface area contributed by atoms with Gasteiger partial charge in [0.2, 0.25) is 15.9 Å². The molecule has 43 heavy (non-hydrogen) atoms. The SMILES string of the molecule is CCCCC1(CC)CC(c2ccccc2)c2cc(SC)c(O/C=C(\F)C(=O)O)cc2S(=O)(=O)N1Cc1ccc(OC)cc1. The van der Waals surface area contributed by atoms with Crippen molar-refractivity contribution >= 4 is 27.8 Å². The minimum Gasteiger partial charge on any atom is -0.497 e. The number of benzene rings is 3. The first-order valence-corrected chi connectivity index (χ1v) is 16.9. The molecule has 1 heterocycles. The smallest absolute Gasteiger partial charge is 0.368 e. The van der Waals surface area contributed by atoms with Crippen LogP contribution in [0.4, 0.5) is 4.39 Å². The van der Waals surface area contributed by atoms with Gasteiger partial charge in [0, 0.05) is 24.1 Å². The summed E-state index contributed by atoms with van der Waals surface area (Å²) in [6, 6.07) is 20.5. The van der Waals surface area contributed by atoms with Crippen molar-refractivity contribution in [2.24, 2.45) is 0 Å². The summed E-state index contributed by atoms with van der Waals surface area (Å²) in [6.07, 6.45) is 5.92. The minimum absolute atomic E-state index is 0.0682. The van der Waals surface area contributed by atoms with Gasteiger partial charge in [0.05, 0.1) is 16.9 Å². The Hall–Kier alpha value is -3.34. The summed E-state index contributed by atoms with van der Waals surface area (Å²) in [7, 11) is -2.56. The highest BCUT2D eigenvalue weighted by atomic mass is 32.2. The molecule has 3 aromatic rings. The number of unbranched alkanes of at least 4 members (excludes halogenated alkanes) is 1. The Morgan fingerprint density at radius 3 is 2.42 bits per heavy atom. The Morgan fingerprint density at radius 2 is 1.84 bits per heavy atom. The van der Waals surface area contributed by atoms with E-state index < -0.39 is 27.4 Å². The second-order valence-corrected chi connectivity index (χ2v) is 13.3. The number of hydrogen-bond donors (Lipinski definition) is 1. The standard InChI is InChI=1S/C33H38FNO6S2/c1-5-7-17-33(6-2)20-27(24-11-9-8-10-12-24)26-18-30(42-4)29(41-22-28(34)32(36)37)19-31(26)43(38,39)35(33)21-23-13-15-25(40-3)16-14-23/h8-16,18-19,22,27H,5-7,17,20-21H2,1-4H3,(H,36,37)/b28-22-. The number of rotatable bonds is 12. The fraction of sp³-hybridized carbons (Fsp3) is 0.364. The van der Waals surface area contributed by atoms with E-state index in [1.54, 1.807) is 17.5 Å². The third-order valence-corrected chi connectivity index (χ3v) is 11.0. The van der Waals surface area contributed by atoms with Crippen LogP contribution in [0.5, 0.6) is 11.5 Å². The summed E-state index contributed by atoms with van der Waals surface area (Å²) in [5.74, 6) is -2.77. The fourth-order valence-electron chi connectivity index (χ4n) is 5.80. The van der Waals surface area contributed by atoms with Crippen molar-refractivity contribution in [1.82, 2.24) is 4.31 Å². The maximum Gasteiger partial charge on any atom is 0.368 e. The first kappa shape index (κ1) is 32.6. The first-order chi connectivity index (χ1) is 20.6. The summed E-state index contributed by atoms with van der Waals surface area (Å²) in [4.78, 5) is 11.7. The van der Waals surface area contributed by atoms with Crippen LogP contribution in [0.3, 0.4) is 0 Å². The van der Waals surface area contributed by atoms with Gasteiger partial charge in [0.25, 0.3) is 0 Å². The lowest BCUT2D eigenvalue weighted by Gasteiger charge is -2.43. The predicted octanol–water partition coefficient (Wildman–Crippen LogP) is 7.76. The van der Waals surface area contributed by atoms with Crippen LogP contribution >= 0.6 is 11.8 Å². The number of methoxy groups -OCH3 is 1. The number of carboxylic acid groups (broad SMARTS) is 1. The van der Waals surface area contributed by atoms with Gasteiger partial charge in [0.1, 0.15) is 17.8 Å². The van der Waals surface area contributed by atoms with E-state index in [-0.39, 0.29) is 23.1 Å². The van der Waals surface area contributed by atoms with Gasteiger partial charge in [-0.1, -0.05) is 69.2 Å². The maximum absolute atomic E-state index is 14.9. The van der Waals surface area contributed by atoms with Gasteiger partial charge in [-0.3, -0.25) is 0 Å². The number of carbonyl (C=O) groups is 1. The van der Waals surface area contributed by atoms with Crippen LogP contribution in [0.2, 0.25) is 0 Å². The molecule has 0 aromatic heterocycles. The van der Waals surface area contributed by atoms with Gasteiger partial charge in [0.15, 0.2) is 0 Å². The number of ether oxygens (including phenoxy) is 2. The quantitative estimate of drug-likeness (QED) is 0.125. The van der Waals surface area contributed by atoms with E-state index in [9.17, 15) is 17.6 Å². The van der Waals surface area contributed by atoms with Crippen LogP contribution in [0.25, 0.3) is 0 Å². The molecule has 4 rings (SSSR count). The van der Waals surface area contributed by atoms with Crippen molar-refractivity contribution in [3.05, 3.63) is 95.5 Å². The normalized spacial score (nSPS) is 20.2. The van der Waals surface area contributed by atoms with Crippen LogP contribution in [-0.2, 0) is 21.4 Å². The van der Waals surface area contributed by atoms with E-state index >= 15 is 0 Å². The highest BCUT2D eigenvalue weighted by molar-refractivity contribution is 7.98. The van der Waals surface area contributed by atoms with Gasteiger partial charge in [-0.15, -0.1) is 11.8 Å². The molecule has 0 spiro atoms. The molecule has 1 aliphatic rings. The van der Waals surface area contributed by atoms with E-state index in [0.29, 0.717) is 41.7 Å². The van der Waals surface area contributed by atoms with Gasteiger partial charge >= 0.3 is 5.97 Å². The number of aliphatic carboxylic acids is 1. The molecule has 0 saturated carbocycles. The number of thioether (sulfide) groups is 1. The molecular weight excluding hydrogens is 589 g/mol. The summed E-state index contributed by atoms with van der Waals surface area (Å²) in [5, 5.41) is 8.98. The van der Waals surface area contributed by atoms with Crippen LogP contribution in [-0.4, -0.2) is 42.7 Å². The largest absolute Gasteiger partial charge is 0.497 e. The van der Waals surface area contributed by atoms with E-state index in [0.717, 1.165) is 24.0 Å². The number of carboxylic acids is 1. The second kappa shape index (κ2) is 14.0. The second-order valence-electron chi connectivity index (χ2n) is 10.6. The first-order valence-electron chi connectivity index (χ1n) is 14.3. The molecule has 3 aromatic carbocycles. The van der Waals surface area contributed by atoms with E-state index in [4.69, 9.17) is 14.6 Å². The predicted molar refractivity (Wildman–Crippen MR) is 167 cm³/mol. The van der Waals surface area contributed by atoms with E-state index in [1.807, 2.05) is 67.8 Å². The highest BCUT2D eigenvalue weighted by Crippen LogP contribution is 2.50. The van der Waals surface area contributed by atoms with Crippen LogP contribution < -0.4 is 9.47 Å². The lowest BCUT2D eigenvalue weighted by Crippen LogP contribution is -2.50. The van der Waals surface area contributed by atoms with Crippen LogP contribution in [0, 0.1) is 0 Å². The molecule has 0 bridgehead atoms. The van der Waals surface area contributed by atoms with Crippen molar-refractivity contribution in [3.63, 3.8) is 0 Å². The summed E-state index contributed by atoms with van der Waals surface area (Å²) in [6.45, 7) is 4.30. The van der Waals surface area contributed by atoms with Crippen molar-refractivity contribution in [2.75, 3.05) is 13.4 Å². The topological polar surface area (TPSA) is 93.1 Å². The summed E-state index contributed by atoms with van der Waals surface area (Å²) in [5.41, 5.74) is 1.75. The Bertz CT molecular complexity index is 1560. The summed E-state index contributed by atoms with van der Waals surface area (Å²) < 4.78 is 56.2. The molecule has 0 radical (unpaired) electrons. The van der Waals surface area contributed by atoms with Crippen molar-refractivity contribution < 1.29 is 32.2 Å². The van der Waals surface area contributed by atoms with Gasteiger partial charge in [-0.25, -0.2) is 13.2 Å². The number of fused-ring (bicyclic) bond motifs is 1. The van der Waals surface area contributed by atoms with E-state index in [2.05, 4.69) is 6.92 Å². The zero-order valence-corrected chi connectivity index (χ0v) is 26.5. The molecular formula is C33H38FNO6S2. The Morgan fingerprint density at radius 1 is 1.14 bits per heavy atom. The lowest BCUT2D eigenvalue weighted by atomic mass is 9.76. The van der Waals surface area contributed by atoms with Crippen LogP contribution in [0.15, 0.2) is 88.6 Å². The molecule has 10 heteroatoms. The molecule has 0 amide bonds. The van der Waals surface area contributed by atoms with E-state index in [1.165, 1.54) is 17.8 Å².